The summed E-state index contributed by atoms with van der Waals surface area (Å²) in [6.07, 6.45) is 4.20. The Morgan fingerprint density at radius 3 is 2.66 bits per heavy atom. The SMILES string of the molecule is Cn1cc(-c2[nH]c3nccc(N4CCN(C(=O)OC5CS(=O)(=O)C5)CC4)c3c2C#N)cn1. The molecule has 32 heavy (non-hydrogen) atoms. The van der Waals surface area contributed by atoms with Crippen LogP contribution >= 0.6 is 0 Å². The number of sulfone groups is 1. The molecule has 166 valence electrons. The number of ether oxygens (including phenoxy) is 1. The minimum absolute atomic E-state index is 0.0998. The molecule has 11 nitrogen and oxygen atoms in total. The summed E-state index contributed by atoms with van der Waals surface area (Å²) in [5, 5.41) is 14.8. The zero-order valence-corrected chi connectivity index (χ0v) is 18.2. The highest BCUT2D eigenvalue weighted by Gasteiger charge is 2.37. The molecule has 0 unspecified atom stereocenters. The fraction of sp³-hybridized carbons (Fsp3) is 0.400. The molecule has 5 rings (SSSR count). The Balaban J connectivity index is 1.35. The van der Waals surface area contributed by atoms with E-state index in [1.165, 1.54) is 0 Å². The maximum Gasteiger partial charge on any atom is 0.410 e. The number of carbonyl (C=O) groups excluding carboxylic acids is 1. The fourth-order valence-electron chi connectivity index (χ4n) is 4.17. The molecule has 3 aromatic rings. The third-order valence-corrected chi connectivity index (χ3v) is 7.56. The lowest BCUT2D eigenvalue weighted by Crippen LogP contribution is -2.52. The zero-order chi connectivity index (χ0) is 22.5. The van der Waals surface area contributed by atoms with Crippen LogP contribution in [0.4, 0.5) is 10.5 Å². The molecular weight excluding hydrogens is 434 g/mol. The number of nitriles is 1. The number of amides is 1. The highest BCUT2D eigenvalue weighted by Crippen LogP contribution is 2.35. The van der Waals surface area contributed by atoms with Gasteiger partial charge >= 0.3 is 6.09 Å². The minimum Gasteiger partial charge on any atom is -0.444 e. The van der Waals surface area contributed by atoms with Crippen molar-refractivity contribution in [1.82, 2.24) is 24.6 Å². The first-order valence-electron chi connectivity index (χ1n) is 10.2. The van der Waals surface area contributed by atoms with Crippen molar-refractivity contribution < 1.29 is 17.9 Å². The molecule has 5 heterocycles. The Morgan fingerprint density at radius 2 is 2.03 bits per heavy atom. The number of H-pyrrole nitrogens is 1. The van der Waals surface area contributed by atoms with Crippen LogP contribution in [0, 0.1) is 11.3 Å². The quantitative estimate of drug-likeness (QED) is 0.615. The van der Waals surface area contributed by atoms with Crippen LogP contribution < -0.4 is 4.90 Å². The number of piperazine rings is 1. The Hall–Kier alpha value is -3.59. The second kappa shape index (κ2) is 7.52. The van der Waals surface area contributed by atoms with E-state index in [0.717, 1.165) is 16.6 Å². The average Bonchev–Trinajstić information content (AvgIpc) is 3.35. The van der Waals surface area contributed by atoms with Gasteiger partial charge in [-0.25, -0.2) is 18.2 Å². The van der Waals surface area contributed by atoms with E-state index in [1.54, 1.807) is 22.0 Å². The van der Waals surface area contributed by atoms with E-state index >= 15 is 0 Å². The van der Waals surface area contributed by atoms with Crippen molar-refractivity contribution in [3.8, 4) is 17.3 Å². The van der Waals surface area contributed by atoms with E-state index in [0.29, 0.717) is 43.1 Å². The van der Waals surface area contributed by atoms with E-state index in [4.69, 9.17) is 4.74 Å². The molecule has 0 radical (unpaired) electrons. The summed E-state index contributed by atoms with van der Waals surface area (Å²) in [6, 6.07) is 4.18. The zero-order valence-electron chi connectivity index (χ0n) is 17.4. The average molecular weight is 456 g/mol. The van der Waals surface area contributed by atoms with E-state index in [1.807, 2.05) is 19.3 Å². The number of nitrogens with one attached hydrogen (secondary N) is 1. The third kappa shape index (κ3) is 3.54. The topological polar surface area (TPSA) is 137 Å². The van der Waals surface area contributed by atoms with Crippen molar-refractivity contribution in [1.29, 1.82) is 5.26 Å². The van der Waals surface area contributed by atoms with Gasteiger partial charge in [0.1, 0.15) is 17.8 Å². The second-order valence-corrected chi connectivity index (χ2v) is 10.2. The van der Waals surface area contributed by atoms with Gasteiger partial charge in [0.2, 0.25) is 0 Å². The van der Waals surface area contributed by atoms with Gasteiger partial charge in [-0.2, -0.15) is 10.4 Å². The standard InChI is InChI=1S/C20H21N7O4S/c1-25-10-13(9-23-25)18-15(8-21)17-16(2-3-22-19(17)24-18)26-4-6-27(7-5-26)20(28)31-14-11-32(29,30)12-14/h2-3,9-10,14H,4-7,11-12H2,1H3,(H,22,24). The molecule has 1 amide bonds. The summed E-state index contributed by atoms with van der Waals surface area (Å²) in [6.45, 7) is 1.97. The van der Waals surface area contributed by atoms with Crippen LogP contribution in [0.5, 0.6) is 0 Å². The first-order valence-corrected chi connectivity index (χ1v) is 12.0. The van der Waals surface area contributed by atoms with Crippen molar-refractivity contribution in [2.24, 2.45) is 7.05 Å². The molecule has 0 saturated carbocycles. The van der Waals surface area contributed by atoms with Crippen molar-refractivity contribution in [3.05, 3.63) is 30.2 Å². The van der Waals surface area contributed by atoms with Crippen LogP contribution in [0.1, 0.15) is 5.56 Å². The normalized spacial score (nSPS) is 18.4. The minimum atomic E-state index is -3.04. The third-order valence-electron chi connectivity index (χ3n) is 5.80. The molecule has 2 fully saturated rings. The highest BCUT2D eigenvalue weighted by atomic mass is 32.2. The molecule has 0 atom stereocenters. The number of nitrogens with zero attached hydrogens (tertiary/aromatic N) is 6. The number of aryl methyl sites for hydroxylation is 1. The number of fused-ring (bicyclic) bond motifs is 1. The molecule has 2 aliphatic rings. The molecule has 2 saturated heterocycles. The Labute approximate surface area is 184 Å². The smallest absolute Gasteiger partial charge is 0.410 e. The van der Waals surface area contributed by atoms with Crippen molar-refractivity contribution in [2.75, 3.05) is 42.6 Å². The van der Waals surface area contributed by atoms with Gasteiger partial charge in [0.25, 0.3) is 0 Å². The first-order chi connectivity index (χ1) is 15.3. The van der Waals surface area contributed by atoms with Crippen molar-refractivity contribution >= 4 is 32.7 Å². The number of hydrogen-bond donors (Lipinski definition) is 1. The van der Waals surface area contributed by atoms with E-state index in [9.17, 15) is 18.5 Å². The molecule has 1 N–H and O–H groups in total. The Kier molecular flexibility index (Phi) is 4.78. The molecular formula is C20H21N7O4S. The fourth-order valence-corrected chi connectivity index (χ4v) is 5.34. The van der Waals surface area contributed by atoms with Crippen LogP contribution in [-0.4, -0.2) is 82.9 Å². The molecule has 12 heteroatoms. The number of carbonyl (C=O) groups is 1. The highest BCUT2D eigenvalue weighted by molar-refractivity contribution is 7.92. The van der Waals surface area contributed by atoms with E-state index in [2.05, 4.69) is 26.0 Å². The number of rotatable bonds is 3. The monoisotopic (exact) mass is 455 g/mol. The summed E-state index contributed by atoms with van der Waals surface area (Å²) >= 11 is 0. The predicted molar refractivity (Wildman–Crippen MR) is 116 cm³/mol. The number of aromatic amines is 1. The molecule has 2 aliphatic heterocycles. The molecule has 0 aliphatic carbocycles. The van der Waals surface area contributed by atoms with Gasteiger partial charge in [0.05, 0.1) is 40.0 Å². The van der Waals surface area contributed by atoms with Crippen molar-refractivity contribution in [3.63, 3.8) is 0 Å². The molecule has 0 aromatic carbocycles. The lowest BCUT2D eigenvalue weighted by atomic mass is 10.1. The van der Waals surface area contributed by atoms with Crippen LogP contribution in [0.2, 0.25) is 0 Å². The lowest BCUT2D eigenvalue weighted by Gasteiger charge is -2.37. The molecule has 0 bridgehead atoms. The van der Waals surface area contributed by atoms with Gasteiger partial charge in [-0.05, 0) is 6.07 Å². The summed E-state index contributed by atoms with van der Waals surface area (Å²) in [5.41, 5.74) is 3.47. The van der Waals surface area contributed by atoms with Gasteiger partial charge in [-0.15, -0.1) is 0 Å². The molecule has 3 aromatic heterocycles. The van der Waals surface area contributed by atoms with Crippen molar-refractivity contribution in [2.45, 2.75) is 6.10 Å². The lowest BCUT2D eigenvalue weighted by molar-refractivity contribution is 0.0723. The summed E-state index contributed by atoms with van der Waals surface area (Å²) < 4.78 is 29.5. The Bertz CT molecular complexity index is 1330. The largest absolute Gasteiger partial charge is 0.444 e. The van der Waals surface area contributed by atoms with E-state index < -0.39 is 22.0 Å². The first kappa shape index (κ1) is 20.3. The van der Waals surface area contributed by atoms with Crippen LogP contribution in [0.15, 0.2) is 24.7 Å². The van der Waals surface area contributed by atoms with E-state index in [-0.39, 0.29) is 11.5 Å². The van der Waals surface area contributed by atoms with Gasteiger partial charge < -0.3 is 19.5 Å². The summed E-state index contributed by atoms with van der Waals surface area (Å²) in [5.74, 6) is -0.200. The number of aromatic nitrogens is 4. The number of pyridine rings is 1. The van der Waals surface area contributed by atoms with Crippen LogP contribution in [-0.2, 0) is 21.6 Å². The van der Waals surface area contributed by atoms with Crippen LogP contribution in [0.25, 0.3) is 22.3 Å². The van der Waals surface area contributed by atoms with Gasteiger partial charge in [0, 0.05) is 51.2 Å². The van der Waals surface area contributed by atoms with Gasteiger partial charge in [-0.3, -0.25) is 4.68 Å². The predicted octanol–water partition coefficient (Wildman–Crippen LogP) is 0.891. The second-order valence-electron chi connectivity index (χ2n) is 8.00. The maximum absolute atomic E-state index is 12.4. The Morgan fingerprint density at radius 1 is 1.28 bits per heavy atom. The molecule has 0 spiro atoms. The van der Waals surface area contributed by atoms with Crippen LogP contribution in [0.3, 0.4) is 0 Å². The number of hydrogen-bond acceptors (Lipinski definition) is 8. The maximum atomic E-state index is 12.4. The number of anilines is 1. The van der Waals surface area contributed by atoms with Gasteiger partial charge in [-0.1, -0.05) is 0 Å². The summed E-state index contributed by atoms with van der Waals surface area (Å²) in [4.78, 5) is 23.7. The van der Waals surface area contributed by atoms with Gasteiger partial charge in [0.15, 0.2) is 9.84 Å². The summed E-state index contributed by atoms with van der Waals surface area (Å²) in [7, 11) is -1.22.